The van der Waals surface area contributed by atoms with Crippen LogP contribution in [0.5, 0.6) is 0 Å². The Morgan fingerprint density at radius 2 is 1.93 bits per heavy atom. The molecule has 0 aliphatic carbocycles. The van der Waals surface area contributed by atoms with Gasteiger partial charge in [-0.15, -0.1) is 0 Å². The lowest BCUT2D eigenvalue weighted by Crippen LogP contribution is -2.05. The molecule has 0 spiro atoms. The lowest BCUT2D eigenvalue weighted by molar-refractivity contribution is 0.699. The summed E-state index contributed by atoms with van der Waals surface area (Å²) in [5, 5.41) is 0. The average molecular weight is 207 g/mol. The van der Waals surface area contributed by atoms with Gasteiger partial charge in [0.25, 0.3) is 0 Å². The van der Waals surface area contributed by atoms with Crippen molar-refractivity contribution < 1.29 is 4.39 Å². The van der Waals surface area contributed by atoms with Gasteiger partial charge in [-0.05, 0) is 29.0 Å². The Morgan fingerprint density at radius 3 is 2.33 bits per heavy atom. The second-order valence-electron chi connectivity index (χ2n) is 4.04. The summed E-state index contributed by atoms with van der Waals surface area (Å²) in [6, 6.07) is 8.25. The molecule has 82 valence electrons. The molecule has 0 aromatic heterocycles. The fourth-order valence-corrected chi connectivity index (χ4v) is 1.44. The SMILES string of the molecule is CC(C)c1ccc(C/C(=C/F)CN)cc1. The fraction of sp³-hybridized carbons (Fsp3) is 0.385. The molecular weight excluding hydrogens is 189 g/mol. The van der Waals surface area contributed by atoms with Crippen molar-refractivity contribution in [1.29, 1.82) is 0 Å². The quantitative estimate of drug-likeness (QED) is 0.806. The molecule has 0 aliphatic rings. The molecule has 0 amide bonds. The van der Waals surface area contributed by atoms with E-state index >= 15 is 0 Å². The van der Waals surface area contributed by atoms with E-state index in [1.54, 1.807) is 0 Å². The first kappa shape index (κ1) is 11.9. The van der Waals surface area contributed by atoms with Crippen LogP contribution in [0.4, 0.5) is 4.39 Å². The van der Waals surface area contributed by atoms with Gasteiger partial charge in [-0.3, -0.25) is 0 Å². The lowest BCUT2D eigenvalue weighted by atomic mass is 9.99. The molecule has 0 saturated carbocycles. The van der Waals surface area contributed by atoms with Crippen LogP contribution >= 0.6 is 0 Å². The third kappa shape index (κ3) is 3.48. The Bertz CT molecular complexity index is 325. The van der Waals surface area contributed by atoms with Crippen molar-refractivity contribution in [3.63, 3.8) is 0 Å². The lowest BCUT2D eigenvalue weighted by Gasteiger charge is -2.07. The Labute approximate surface area is 90.8 Å². The molecule has 1 aromatic carbocycles. The average Bonchev–Trinajstić information content (AvgIpc) is 2.26. The first-order chi connectivity index (χ1) is 7.17. The van der Waals surface area contributed by atoms with E-state index in [1.807, 2.05) is 12.1 Å². The molecule has 2 N–H and O–H groups in total. The maximum atomic E-state index is 12.3. The third-order valence-electron chi connectivity index (χ3n) is 2.49. The molecule has 1 rings (SSSR count). The molecule has 0 atom stereocenters. The molecule has 2 heteroatoms. The number of benzene rings is 1. The van der Waals surface area contributed by atoms with Gasteiger partial charge in [-0.25, -0.2) is 4.39 Å². The van der Waals surface area contributed by atoms with Crippen molar-refractivity contribution >= 4 is 0 Å². The summed E-state index contributed by atoms with van der Waals surface area (Å²) in [7, 11) is 0. The van der Waals surface area contributed by atoms with Gasteiger partial charge in [-0.1, -0.05) is 38.1 Å². The van der Waals surface area contributed by atoms with Crippen LogP contribution in [-0.2, 0) is 6.42 Å². The van der Waals surface area contributed by atoms with E-state index in [0.717, 1.165) is 5.56 Å². The zero-order valence-electron chi connectivity index (χ0n) is 9.33. The summed E-state index contributed by atoms with van der Waals surface area (Å²) in [4.78, 5) is 0. The Kier molecular flexibility index (Phi) is 4.50. The summed E-state index contributed by atoms with van der Waals surface area (Å²) < 4.78 is 12.3. The van der Waals surface area contributed by atoms with Gasteiger partial charge < -0.3 is 5.73 Å². The fourth-order valence-electron chi connectivity index (χ4n) is 1.44. The molecule has 0 aliphatic heterocycles. The maximum absolute atomic E-state index is 12.3. The number of nitrogens with two attached hydrogens (primary N) is 1. The normalized spacial score (nSPS) is 12.2. The largest absolute Gasteiger partial charge is 0.327 e. The molecule has 0 fully saturated rings. The number of hydrogen-bond donors (Lipinski definition) is 1. The Hall–Kier alpha value is -1.15. The van der Waals surface area contributed by atoms with E-state index in [0.29, 0.717) is 24.2 Å². The first-order valence-corrected chi connectivity index (χ1v) is 5.24. The number of halogens is 1. The summed E-state index contributed by atoms with van der Waals surface area (Å²) >= 11 is 0. The minimum absolute atomic E-state index is 0.280. The van der Waals surface area contributed by atoms with Crippen LogP contribution in [-0.4, -0.2) is 6.54 Å². The van der Waals surface area contributed by atoms with E-state index in [-0.39, 0.29) is 6.54 Å². The topological polar surface area (TPSA) is 26.0 Å². The number of hydrogen-bond acceptors (Lipinski definition) is 1. The highest BCUT2D eigenvalue weighted by Crippen LogP contribution is 2.16. The van der Waals surface area contributed by atoms with Gasteiger partial charge in [0.2, 0.25) is 0 Å². The van der Waals surface area contributed by atoms with Crippen molar-refractivity contribution in [3.05, 3.63) is 47.3 Å². The van der Waals surface area contributed by atoms with Crippen molar-refractivity contribution in [2.24, 2.45) is 5.73 Å². The molecule has 0 radical (unpaired) electrons. The van der Waals surface area contributed by atoms with E-state index in [4.69, 9.17) is 5.73 Å². The number of rotatable bonds is 4. The Morgan fingerprint density at radius 1 is 1.33 bits per heavy atom. The van der Waals surface area contributed by atoms with E-state index in [2.05, 4.69) is 26.0 Å². The predicted octanol–water partition coefficient (Wildman–Crippen LogP) is 3.16. The monoisotopic (exact) mass is 207 g/mol. The highest BCUT2D eigenvalue weighted by Gasteiger charge is 2.01. The zero-order valence-corrected chi connectivity index (χ0v) is 9.33. The second-order valence-corrected chi connectivity index (χ2v) is 4.04. The molecule has 1 nitrogen and oxygen atoms in total. The molecule has 1 aromatic rings. The van der Waals surface area contributed by atoms with E-state index in [9.17, 15) is 4.39 Å². The summed E-state index contributed by atoms with van der Waals surface area (Å²) in [6.07, 6.45) is 1.21. The Balaban J connectivity index is 2.72. The smallest absolute Gasteiger partial charge is 0.0875 e. The molecule has 0 bridgehead atoms. The standard InChI is InChI=1S/C13H18FN/c1-10(2)13-5-3-11(4-6-13)7-12(8-14)9-15/h3-6,8,10H,7,9,15H2,1-2H3/b12-8-. The van der Waals surface area contributed by atoms with E-state index in [1.165, 1.54) is 5.56 Å². The van der Waals surface area contributed by atoms with Crippen LogP contribution in [0.2, 0.25) is 0 Å². The first-order valence-electron chi connectivity index (χ1n) is 5.24. The molecule has 15 heavy (non-hydrogen) atoms. The van der Waals surface area contributed by atoms with Crippen LogP contribution in [0.1, 0.15) is 30.9 Å². The summed E-state index contributed by atoms with van der Waals surface area (Å²) in [5.74, 6) is 0.532. The minimum atomic E-state index is 0.280. The highest BCUT2D eigenvalue weighted by molar-refractivity contribution is 5.27. The van der Waals surface area contributed by atoms with Crippen LogP contribution in [0, 0.1) is 0 Å². The van der Waals surface area contributed by atoms with Gasteiger partial charge in [0.1, 0.15) is 0 Å². The minimum Gasteiger partial charge on any atom is -0.327 e. The van der Waals surface area contributed by atoms with Crippen LogP contribution in [0.3, 0.4) is 0 Å². The van der Waals surface area contributed by atoms with Crippen LogP contribution < -0.4 is 5.73 Å². The zero-order chi connectivity index (χ0) is 11.3. The van der Waals surface area contributed by atoms with Gasteiger partial charge >= 0.3 is 0 Å². The van der Waals surface area contributed by atoms with Crippen molar-refractivity contribution in [1.82, 2.24) is 0 Å². The predicted molar refractivity (Wildman–Crippen MR) is 62.5 cm³/mol. The van der Waals surface area contributed by atoms with Crippen LogP contribution in [0.25, 0.3) is 0 Å². The molecule has 0 saturated heterocycles. The highest BCUT2D eigenvalue weighted by atomic mass is 19.1. The van der Waals surface area contributed by atoms with Crippen molar-refractivity contribution in [3.8, 4) is 0 Å². The summed E-state index contributed by atoms with van der Waals surface area (Å²) in [5.41, 5.74) is 8.44. The van der Waals surface area contributed by atoms with Gasteiger partial charge in [0, 0.05) is 6.54 Å². The van der Waals surface area contributed by atoms with Crippen molar-refractivity contribution in [2.75, 3.05) is 6.54 Å². The van der Waals surface area contributed by atoms with Crippen molar-refractivity contribution in [2.45, 2.75) is 26.2 Å². The van der Waals surface area contributed by atoms with Gasteiger partial charge in [0.05, 0.1) is 6.33 Å². The van der Waals surface area contributed by atoms with Gasteiger partial charge in [0.15, 0.2) is 0 Å². The van der Waals surface area contributed by atoms with Gasteiger partial charge in [-0.2, -0.15) is 0 Å². The van der Waals surface area contributed by atoms with E-state index < -0.39 is 0 Å². The van der Waals surface area contributed by atoms with Crippen LogP contribution in [0.15, 0.2) is 36.2 Å². The maximum Gasteiger partial charge on any atom is 0.0875 e. The molecule has 0 unspecified atom stereocenters. The third-order valence-corrected chi connectivity index (χ3v) is 2.49. The summed E-state index contributed by atoms with van der Waals surface area (Å²) in [6.45, 7) is 4.59. The molecular formula is C13H18FN. The second kappa shape index (κ2) is 5.66. The molecule has 0 heterocycles.